The minimum Gasteiger partial charge on any atom is -0.489 e. The molecule has 0 aliphatic heterocycles. The third-order valence-electron chi connectivity index (χ3n) is 4.42. The van der Waals surface area contributed by atoms with Crippen LogP contribution in [0, 0.1) is 10.1 Å². The van der Waals surface area contributed by atoms with Crippen molar-refractivity contribution in [2.75, 3.05) is 0 Å². The summed E-state index contributed by atoms with van der Waals surface area (Å²) in [4.78, 5) is 27.7. The molecule has 0 fully saturated rings. The highest BCUT2D eigenvalue weighted by Gasteiger charge is 2.23. The molecule has 3 aromatic carbocycles. The maximum absolute atomic E-state index is 12.7. The molecule has 0 aliphatic carbocycles. The van der Waals surface area contributed by atoms with Crippen molar-refractivity contribution in [3.05, 3.63) is 106 Å². The number of carbonyl (C=O) groups excluding carboxylic acids is 1. The highest BCUT2D eigenvalue weighted by atomic mass is 16.6. The molecule has 0 aliphatic rings. The Balaban J connectivity index is 1.59. The quantitative estimate of drug-likeness (QED) is 0.197. The number of benzene rings is 3. The maximum Gasteiger partial charge on any atom is 0.343 e. The molecule has 4 rings (SSSR count). The van der Waals surface area contributed by atoms with Crippen LogP contribution < -0.4 is 9.47 Å². The lowest BCUT2D eigenvalue weighted by Gasteiger charge is -2.10. The van der Waals surface area contributed by atoms with Gasteiger partial charge in [0.15, 0.2) is 0 Å². The summed E-state index contributed by atoms with van der Waals surface area (Å²) in [6, 6.07) is 22.4. The van der Waals surface area contributed by atoms with Crippen molar-refractivity contribution in [3.63, 3.8) is 0 Å². The van der Waals surface area contributed by atoms with Gasteiger partial charge in [0.25, 0.3) is 0 Å². The Morgan fingerprint density at radius 1 is 0.967 bits per heavy atom. The SMILES string of the molecule is O=C(Oc1c([N+](=O)[O-])ccc2cccnc12)c1cccc(OCc2ccccc2)c1. The highest BCUT2D eigenvalue weighted by molar-refractivity contribution is 5.96. The van der Waals surface area contributed by atoms with E-state index in [1.807, 2.05) is 30.3 Å². The van der Waals surface area contributed by atoms with Gasteiger partial charge in [-0.2, -0.15) is 0 Å². The fourth-order valence-electron chi connectivity index (χ4n) is 2.96. The lowest BCUT2D eigenvalue weighted by atomic mass is 10.1. The van der Waals surface area contributed by atoms with Crippen LogP contribution in [0.25, 0.3) is 10.9 Å². The van der Waals surface area contributed by atoms with Gasteiger partial charge in [0.05, 0.1) is 10.5 Å². The van der Waals surface area contributed by atoms with Gasteiger partial charge in [0, 0.05) is 17.6 Å². The molecule has 7 heteroatoms. The molecule has 0 unspecified atom stereocenters. The van der Waals surface area contributed by atoms with E-state index in [0.29, 0.717) is 17.7 Å². The molecule has 0 amide bonds. The zero-order chi connectivity index (χ0) is 20.9. The summed E-state index contributed by atoms with van der Waals surface area (Å²) in [5, 5.41) is 12.1. The number of esters is 1. The summed E-state index contributed by atoms with van der Waals surface area (Å²) in [6.07, 6.45) is 1.49. The Hall–Kier alpha value is -4.26. The van der Waals surface area contributed by atoms with Gasteiger partial charge in [0.2, 0.25) is 5.75 Å². The van der Waals surface area contributed by atoms with Crippen LogP contribution >= 0.6 is 0 Å². The number of carbonyl (C=O) groups is 1. The van der Waals surface area contributed by atoms with Gasteiger partial charge in [0.1, 0.15) is 17.9 Å². The molecule has 0 bridgehead atoms. The van der Waals surface area contributed by atoms with E-state index in [-0.39, 0.29) is 22.5 Å². The molecule has 0 saturated heterocycles. The number of hydrogen-bond acceptors (Lipinski definition) is 6. The summed E-state index contributed by atoms with van der Waals surface area (Å²) in [5.41, 5.74) is 1.12. The molecule has 4 aromatic rings. The monoisotopic (exact) mass is 400 g/mol. The number of ether oxygens (including phenoxy) is 2. The first-order chi connectivity index (χ1) is 14.6. The zero-order valence-corrected chi connectivity index (χ0v) is 15.7. The predicted octanol–water partition coefficient (Wildman–Crippen LogP) is 4.94. The number of nitrogens with zero attached hydrogens (tertiary/aromatic N) is 2. The number of aromatic nitrogens is 1. The van der Waals surface area contributed by atoms with E-state index in [4.69, 9.17) is 9.47 Å². The fourth-order valence-corrected chi connectivity index (χ4v) is 2.96. The Bertz CT molecular complexity index is 1220. The second-order valence-corrected chi connectivity index (χ2v) is 6.44. The summed E-state index contributed by atoms with van der Waals surface area (Å²) >= 11 is 0. The van der Waals surface area contributed by atoms with Crippen LogP contribution in [-0.2, 0) is 6.61 Å². The van der Waals surface area contributed by atoms with Crippen LogP contribution in [0.15, 0.2) is 85.1 Å². The lowest BCUT2D eigenvalue weighted by Crippen LogP contribution is -2.10. The number of rotatable bonds is 6. The van der Waals surface area contributed by atoms with E-state index in [2.05, 4.69) is 4.98 Å². The van der Waals surface area contributed by atoms with Gasteiger partial charge in [-0.3, -0.25) is 15.1 Å². The number of hydrogen-bond donors (Lipinski definition) is 0. The molecule has 0 spiro atoms. The largest absolute Gasteiger partial charge is 0.489 e. The summed E-state index contributed by atoms with van der Waals surface area (Å²) < 4.78 is 11.2. The van der Waals surface area contributed by atoms with Crippen LogP contribution in [0.5, 0.6) is 11.5 Å². The third-order valence-corrected chi connectivity index (χ3v) is 4.42. The normalized spacial score (nSPS) is 10.5. The van der Waals surface area contributed by atoms with Crippen molar-refractivity contribution < 1.29 is 19.2 Å². The first-order valence-electron chi connectivity index (χ1n) is 9.13. The van der Waals surface area contributed by atoms with Crippen molar-refractivity contribution in [3.8, 4) is 11.5 Å². The zero-order valence-electron chi connectivity index (χ0n) is 15.7. The van der Waals surface area contributed by atoms with Gasteiger partial charge in [-0.1, -0.05) is 42.5 Å². The van der Waals surface area contributed by atoms with Gasteiger partial charge in [-0.05, 0) is 35.9 Å². The van der Waals surface area contributed by atoms with Crippen molar-refractivity contribution in [2.45, 2.75) is 6.61 Å². The molecule has 148 valence electrons. The minimum atomic E-state index is -0.735. The van der Waals surface area contributed by atoms with E-state index in [1.54, 1.807) is 36.4 Å². The van der Waals surface area contributed by atoms with Gasteiger partial charge < -0.3 is 9.47 Å². The molecular formula is C23H16N2O5. The van der Waals surface area contributed by atoms with Crippen LogP contribution in [0.3, 0.4) is 0 Å². The fraction of sp³-hybridized carbons (Fsp3) is 0.0435. The molecule has 1 aromatic heterocycles. The average molecular weight is 400 g/mol. The van der Waals surface area contributed by atoms with Crippen molar-refractivity contribution in [1.82, 2.24) is 4.98 Å². The summed E-state index contributed by atoms with van der Waals surface area (Å²) in [7, 11) is 0. The molecule has 0 radical (unpaired) electrons. The van der Waals surface area contributed by atoms with Crippen molar-refractivity contribution in [2.24, 2.45) is 0 Å². The molecule has 0 atom stereocenters. The molecule has 1 heterocycles. The number of pyridine rings is 1. The topological polar surface area (TPSA) is 91.6 Å². The van der Waals surface area contributed by atoms with Crippen LogP contribution in [0.4, 0.5) is 5.69 Å². The van der Waals surface area contributed by atoms with Gasteiger partial charge in [-0.25, -0.2) is 4.79 Å². The minimum absolute atomic E-state index is 0.182. The Kier molecular flexibility index (Phi) is 5.34. The molecular weight excluding hydrogens is 384 g/mol. The predicted molar refractivity (Wildman–Crippen MR) is 111 cm³/mol. The molecule has 0 N–H and O–H groups in total. The Labute approximate surface area is 171 Å². The first kappa shape index (κ1) is 19.1. The highest BCUT2D eigenvalue weighted by Crippen LogP contribution is 2.34. The van der Waals surface area contributed by atoms with Gasteiger partial charge >= 0.3 is 11.7 Å². The molecule has 30 heavy (non-hydrogen) atoms. The number of nitro groups is 1. The van der Waals surface area contributed by atoms with E-state index in [1.165, 1.54) is 18.3 Å². The maximum atomic E-state index is 12.7. The van der Waals surface area contributed by atoms with Gasteiger partial charge in [-0.15, -0.1) is 0 Å². The van der Waals surface area contributed by atoms with Crippen LogP contribution in [-0.4, -0.2) is 15.9 Å². The van der Waals surface area contributed by atoms with E-state index >= 15 is 0 Å². The summed E-state index contributed by atoms with van der Waals surface area (Å²) in [5.74, 6) is -0.432. The first-order valence-corrected chi connectivity index (χ1v) is 9.13. The summed E-state index contributed by atoms with van der Waals surface area (Å²) in [6.45, 7) is 0.345. The second kappa shape index (κ2) is 8.40. The Morgan fingerprint density at radius 2 is 1.80 bits per heavy atom. The van der Waals surface area contributed by atoms with E-state index < -0.39 is 10.9 Å². The molecule has 0 saturated carbocycles. The standard InChI is InChI=1S/C23H16N2O5/c26-23(18-8-4-10-19(14-18)29-15-16-6-2-1-3-7-16)30-22-20(25(27)28)12-11-17-9-5-13-24-21(17)22/h1-14H,15H2. The van der Waals surface area contributed by atoms with Crippen LogP contribution in [0.1, 0.15) is 15.9 Å². The van der Waals surface area contributed by atoms with Crippen LogP contribution in [0.2, 0.25) is 0 Å². The number of nitro benzene ring substituents is 1. The lowest BCUT2D eigenvalue weighted by molar-refractivity contribution is -0.385. The average Bonchev–Trinajstić information content (AvgIpc) is 2.78. The Morgan fingerprint density at radius 3 is 2.60 bits per heavy atom. The van der Waals surface area contributed by atoms with Crippen molar-refractivity contribution >= 4 is 22.6 Å². The third kappa shape index (κ3) is 4.10. The van der Waals surface area contributed by atoms with Crippen molar-refractivity contribution in [1.29, 1.82) is 0 Å². The second-order valence-electron chi connectivity index (χ2n) is 6.44. The molecule has 7 nitrogen and oxygen atoms in total. The van der Waals surface area contributed by atoms with E-state index in [9.17, 15) is 14.9 Å². The smallest absolute Gasteiger partial charge is 0.343 e. The number of fused-ring (bicyclic) bond motifs is 1. The van der Waals surface area contributed by atoms with E-state index in [0.717, 1.165) is 5.56 Å².